The third-order valence-electron chi connectivity index (χ3n) is 6.90. The molecule has 8 heteroatoms. The molecule has 0 saturated carbocycles. The van der Waals surface area contributed by atoms with Gasteiger partial charge in [-0.25, -0.2) is 0 Å². The molecule has 4 amide bonds. The average Bonchev–Trinajstić information content (AvgIpc) is 3.12. The number of para-hydroxylation sites is 1. The van der Waals surface area contributed by atoms with Crippen molar-refractivity contribution in [2.45, 2.75) is 50.9 Å². The average molecular weight is 432 g/mol. The highest BCUT2D eigenvalue weighted by molar-refractivity contribution is 6.24. The van der Waals surface area contributed by atoms with E-state index >= 15 is 0 Å². The molecular formula is C24H24N4O4. The van der Waals surface area contributed by atoms with Crippen LogP contribution in [0.25, 0.3) is 0 Å². The lowest BCUT2D eigenvalue weighted by Crippen LogP contribution is -2.54. The third kappa shape index (κ3) is 2.79. The van der Waals surface area contributed by atoms with Crippen molar-refractivity contribution in [2.75, 3.05) is 4.90 Å². The summed E-state index contributed by atoms with van der Waals surface area (Å²) in [6, 6.07) is 11.9. The number of piperidine rings is 1. The number of nitrogens with one attached hydrogen (secondary N) is 1. The SMILES string of the molecule is CC1(C)C(N)c2ccccc2N1Cc1cccc2c1C(=O)N(C1CCC(=O)NC1=O)C2=O. The van der Waals surface area contributed by atoms with Crippen molar-refractivity contribution in [1.29, 1.82) is 0 Å². The molecule has 3 heterocycles. The number of imide groups is 2. The minimum atomic E-state index is -0.981. The zero-order chi connectivity index (χ0) is 22.8. The number of carbonyl (C=O) groups is 4. The summed E-state index contributed by atoms with van der Waals surface area (Å²) in [6.45, 7) is 4.51. The zero-order valence-electron chi connectivity index (χ0n) is 17.9. The standard InChI is InChI=1S/C24H24N4O4/c1-24(2)20(25)14-7-3-4-9-16(14)27(24)12-13-6-5-8-15-19(13)23(32)28(22(15)31)17-10-11-18(29)26-21(17)30/h3-9,17,20H,10-12,25H2,1-2H3,(H,26,29,30). The predicted octanol–water partition coefficient (Wildman–Crippen LogP) is 1.89. The zero-order valence-corrected chi connectivity index (χ0v) is 17.9. The summed E-state index contributed by atoms with van der Waals surface area (Å²) < 4.78 is 0. The highest BCUT2D eigenvalue weighted by atomic mass is 16.2. The molecule has 3 aliphatic rings. The van der Waals surface area contributed by atoms with Crippen molar-refractivity contribution in [1.82, 2.24) is 10.2 Å². The van der Waals surface area contributed by atoms with Crippen LogP contribution in [-0.4, -0.2) is 40.1 Å². The Kier molecular flexibility index (Phi) is 4.46. The second-order valence-corrected chi connectivity index (χ2v) is 9.06. The molecule has 2 aromatic rings. The lowest BCUT2D eigenvalue weighted by molar-refractivity contribution is -0.136. The van der Waals surface area contributed by atoms with E-state index in [1.165, 1.54) is 0 Å². The van der Waals surface area contributed by atoms with Crippen LogP contribution in [0.2, 0.25) is 0 Å². The van der Waals surface area contributed by atoms with E-state index in [1.54, 1.807) is 12.1 Å². The molecule has 0 radical (unpaired) electrons. The van der Waals surface area contributed by atoms with Gasteiger partial charge in [-0.3, -0.25) is 29.4 Å². The number of amides is 4. The van der Waals surface area contributed by atoms with Gasteiger partial charge >= 0.3 is 0 Å². The van der Waals surface area contributed by atoms with Crippen LogP contribution in [0.5, 0.6) is 0 Å². The van der Waals surface area contributed by atoms with Crippen LogP contribution in [0.15, 0.2) is 42.5 Å². The van der Waals surface area contributed by atoms with E-state index in [1.807, 2.05) is 30.3 Å². The molecule has 1 saturated heterocycles. The molecule has 2 aromatic carbocycles. The highest BCUT2D eigenvalue weighted by Gasteiger charge is 2.47. The molecule has 0 bridgehead atoms. The summed E-state index contributed by atoms with van der Waals surface area (Å²) in [7, 11) is 0. The monoisotopic (exact) mass is 432 g/mol. The van der Waals surface area contributed by atoms with Gasteiger partial charge in [-0.1, -0.05) is 30.3 Å². The number of hydrogen-bond acceptors (Lipinski definition) is 6. The van der Waals surface area contributed by atoms with Gasteiger partial charge in [0, 0.05) is 18.7 Å². The molecule has 0 spiro atoms. The van der Waals surface area contributed by atoms with Crippen molar-refractivity contribution in [3.8, 4) is 0 Å². The van der Waals surface area contributed by atoms with E-state index in [0.717, 1.165) is 16.2 Å². The molecule has 0 aliphatic carbocycles. The molecule has 2 unspecified atom stereocenters. The summed E-state index contributed by atoms with van der Waals surface area (Å²) in [6.07, 6.45) is 0.222. The molecule has 0 aromatic heterocycles. The number of benzene rings is 2. The van der Waals surface area contributed by atoms with E-state index in [2.05, 4.69) is 24.1 Å². The Morgan fingerprint density at radius 3 is 2.53 bits per heavy atom. The molecule has 5 rings (SSSR count). The molecule has 32 heavy (non-hydrogen) atoms. The largest absolute Gasteiger partial charge is 0.360 e. The van der Waals surface area contributed by atoms with E-state index in [-0.39, 0.29) is 24.4 Å². The van der Waals surface area contributed by atoms with Gasteiger partial charge in [0.25, 0.3) is 11.8 Å². The van der Waals surface area contributed by atoms with Crippen LogP contribution < -0.4 is 16.0 Å². The first-order valence-electron chi connectivity index (χ1n) is 10.7. The van der Waals surface area contributed by atoms with Gasteiger partial charge in [0.05, 0.1) is 22.7 Å². The number of nitrogens with two attached hydrogens (primary N) is 1. The minimum Gasteiger partial charge on any atom is -0.360 e. The second kappa shape index (κ2) is 7.00. The van der Waals surface area contributed by atoms with Crippen molar-refractivity contribution < 1.29 is 19.2 Å². The predicted molar refractivity (Wildman–Crippen MR) is 117 cm³/mol. The molecule has 3 N–H and O–H groups in total. The summed E-state index contributed by atoms with van der Waals surface area (Å²) in [5, 5.41) is 2.23. The van der Waals surface area contributed by atoms with Crippen LogP contribution >= 0.6 is 0 Å². The first-order chi connectivity index (χ1) is 15.2. The lowest BCUT2D eigenvalue weighted by Gasteiger charge is -2.37. The maximum absolute atomic E-state index is 13.4. The molecule has 2 atom stereocenters. The normalized spacial score (nSPS) is 24.0. The molecule has 8 nitrogen and oxygen atoms in total. The van der Waals surface area contributed by atoms with E-state index in [9.17, 15) is 19.2 Å². The van der Waals surface area contributed by atoms with E-state index < -0.39 is 35.2 Å². The Morgan fingerprint density at radius 2 is 1.78 bits per heavy atom. The fraction of sp³-hybridized carbons (Fsp3) is 0.333. The van der Waals surface area contributed by atoms with Gasteiger partial charge in [-0.05, 0) is 43.5 Å². The number of anilines is 1. The Balaban J connectivity index is 1.52. The minimum absolute atomic E-state index is 0.0906. The van der Waals surface area contributed by atoms with Crippen LogP contribution in [-0.2, 0) is 16.1 Å². The van der Waals surface area contributed by atoms with Gasteiger partial charge in [0.15, 0.2) is 0 Å². The Hall–Kier alpha value is -3.52. The van der Waals surface area contributed by atoms with E-state index in [0.29, 0.717) is 17.7 Å². The van der Waals surface area contributed by atoms with E-state index in [4.69, 9.17) is 5.73 Å². The van der Waals surface area contributed by atoms with Crippen molar-refractivity contribution in [3.05, 3.63) is 64.7 Å². The molecule has 3 aliphatic heterocycles. The van der Waals surface area contributed by atoms with Crippen LogP contribution in [0, 0.1) is 0 Å². The van der Waals surface area contributed by atoms with Crippen LogP contribution in [0.4, 0.5) is 5.69 Å². The van der Waals surface area contributed by atoms with Gasteiger partial charge < -0.3 is 10.6 Å². The van der Waals surface area contributed by atoms with Crippen LogP contribution in [0.3, 0.4) is 0 Å². The Labute approximate surface area is 185 Å². The quantitative estimate of drug-likeness (QED) is 0.716. The summed E-state index contributed by atoms with van der Waals surface area (Å²) in [4.78, 5) is 53.5. The second-order valence-electron chi connectivity index (χ2n) is 9.06. The van der Waals surface area contributed by atoms with Crippen molar-refractivity contribution in [3.63, 3.8) is 0 Å². The maximum atomic E-state index is 13.4. The van der Waals surface area contributed by atoms with Crippen molar-refractivity contribution >= 4 is 29.3 Å². The smallest absolute Gasteiger partial charge is 0.262 e. The fourth-order valence-electron chi connectivity index (χ4n) is 5.03. The first-order valence-corrected chi connectivity index (χ1v) is 10.7. The topological polar surface area (TPSA) is 113 Å². The number of rotatable bonds is 3. The lowest BCUT2D eigenvalue weighted by atomic mass is 9.93. The highest BCUT2D eigenvalue weighted by Crippen LogP contribution is 2.46. The molecular weight excluding hydrogens is 408 g/mol. The molecule has 1 fully saturated rings. The van der Waals surface area contributed by atoms with Crippen molar-refractivity contribution in [2.24, 2.45) is 5.73 Å². The molecule has 164 valence electrons. The number of hydrogen-bond donors (Lipinski definition) is 2. The number of nitrogens with zero attached hydrogens (tertiary/aromatic N) is 2. The van der Waals surface area contributed by atoms with Crippen LogP contribution in [0.1, 0.15) is 64.6 Å². The first kappa shape index (κ1) is 20.4. The summed E-state index contributed by atoms with van der Waals surface area (Å²) in [5.41, 5.74) is 9.47. The Bertz CT molecular complexity index is 1190. The summed E-state index contributed by atoms with van der Waals surface area (Å²) in [5.74, 6) is -2.00. The number of carbonyl (C=O) groups excluding carboxylic acids is 4. The maximum Gasteiger partial charge on any atom is 0.262 e. The number of fused-ring (bicyclic) bond motifs is 2. The van der Waals surface area contributed by atoms with Gasteiger partial charge in [0.1, 0.15) is 6.04 Å². The summed E-state index contributed by atoms with van der Waals surface area (Å²) >= 11 is 0. The fourth-order valence-corrected chi connectivity index (χ4v) is 5.03. The third-order valence-corrected chi connectivity index (χ3v) is 6.90. The van der Waals surface area contributed by atoms with Gasteiger partial charge in [-0.15, -0.1) is 0 Å². The van der Waals surface area contributed by atoms with Gasteiger partial charge in [-0.2, -0.15) is 0 Å². The Morgan fingerprint density at radius 1 is 1.03 bits per heavy atom. The van der Waals surface area contributed by atoms with Gasteiger partial charge in [0.2, 0.25) is 11.8 Å².